The molecule has 10 heteroatoms. The van der Waals surface area contributed by atoms with Gasteiger partial charge in [0.2, 0.25) is 10.0 Å². The molecule has 0 saturated heterocycles. The van der Waals surface area contributed by atoms with E-state index in [2.05, 4.69) is 9.82 Å². The van der Waals surface area contributed by atoms with Gasteiger partial charge in [-0.2, -0.15) is 18.3 Å². The molecular formula is C26H24F3N3O3S. The number of methoxy groups -OCH3 is 1. The zero-order chi connectivity index (χ0) is 26.1. The summed E-state index contributed by atoms with van der Waals surface area (Å²) in [6.07, 6.45) is -4.63. The molecule has 0 fully saturated rings. The van der Waals surface area contributed by atoms with Crippen LogP contribution in [-0.4, -0.2) is 25.3 Å². The molecular weight excluding hydrogens is 491 g/mol. The van der Waals surface area contributed by atoms with Gasteiger partial charge in [-0.3, -0.25) is 0 Å². The van der Waals surface area contributed by atoms with Gasteiger partial charge in [-0.15, -0.1) is 0 Å². The standard InChI is InChI=1S/C26H24F3N3O3S/c1-17-4-6-20(7-5-17)24-16-25(26(27,28)29)30-32(24)21-10-14-23(15-11-21)36(33,34)31-18(2)19-8-12-22(35-3)13-9-19/h4-16,18,31H,1-3H3. The van der Waals surface area contributed by atoms with Gasteiger partial charge in [0, 0.05) is 11.6 Å². The van der Waals surface area contributed by atoms with Crippen LogP contribution >= 0.6 is 0 Å². The Morgan fingerprint density at radius 3 is 2.11 bits per heavy atom. The first-order chi connectivity index (χ1) is 17.0. The first-order valence-corrected chi connectivity index (χ1v) is 12.5. The van der Waals surface area contributed by atoms with Crippen molar-refractivity contribution < 1.29 is 26.3 Å². The maximum atomic E-state index is 13.4. The summed E-state index contributed by atoms with van der Waals surface area (Å²) < 4.78 is 75.1. The number of rotatable bonds is 7. The summed E-state index contributed by atoms with van der Waals surface area (Å²) in [6.45, 7) is 3.59. The molecule has 0 aliphatic rings. The van der Waals surface area contributed by atoms with Gasteiger partial charge in [0.1, 0.15) is 5.75 Å². The van der Waals surface area contributed by atoms with Crippen molar-refractivity contribution >= 4 is 10.0 Å². The maximum Gasteiger partial charge on any atom is 0.435 e. The smallest absolute Gasteiger partial charge is 0.435 e. The second-order valence-corrected chi connectivity index (χ2v) is 10.0. The zero-order valence-electron chi connectivity index (χ0n) is 19.7. The third-order valence-electron chi connectivity index (χ3n) is 5.69. The molecule has 0 bridgehead atoms. The van der Waals surface area contributed by atoms with Crippen molar-refractivity contribution in [2.24, 2.45) is 0 Å². The quantitative estimate of drug-likeness (QED) is 0.332. The van der Waals surface area contributed by atoms with Crippen molar-refractivity contribution in [3.05, 3.63) is 95.7 Å². The Morgan fingerprint density at radius 2 is 1.56 bits per heavy atom. The lowest BCUT2D eigenvalue weighted by molar-refractivity contribution is -0.141. The summed E-state index contributed by atoms with van der Waals surface area (Å²) in [4.78, 5) is -0.0216. The normalized spacial score (nSPS) is 12.9. The lowest BCUT2D eigenvalue weighted by atomic mass is 10.1. The van der Waals surface area contributed by atoms with Crippen LogP contribution in [0.15, 0.2) is 83.8 Å². The molecule has 1 N–H and O–H groups in total. The first-order valence-electron chi connectivity index (χ1n) is 11.0. The molecule has 4 aromatic rings. The van der Waals surface area contributed by atoms with Crippen LogP contribution in [0.1, 0.15) is 29.8 Å². The highest BCUT2D eigenvalue weighted by atomic mass is 32.2. The molecule has 1 atom stereocenters. The lowest BCUT2D eigenvalue weighted by Gasteiger charge is -2.15. The fourth-order valence-corrected chi connectivity index (χ4v) is 4.91. The molecule has 1 aromatic heterocycles. The summed E-state index contributed by atoms with van der Waals surface area (Å²) in [5, 5.41) is 3.76. The topological polar surface area (TPSA) is 73.2 Å². The molecule has 188 valence electrons. The average molecular weight is 516 g/mol. The highest BCUT2D eigenvalue weighted by molar-refractivity contribution is 7.89. The van der Waals surface area contributed by atoms with Crippen LogP contribution in [0.5, 0.6) is 5.75 Å². The van der Waals surface area contributed by atoms with Crippen molar-refractivity contribution in [3.63, 3.8) is 0 Å². The Bertz CT molecular complexity index is 1450. The summed E-state index contributed by atoms with van der Waals surface area (Å²) in [7, 11) is -2.35. The van der Waals surface area contributed by atoms with Gasteiger partial charge in [0.25, 0.3) is 0 Å². The van der Waals surface area contributed by atoms with Crippen LogP contribution in [-0.2, 0) is 16.2 Å². The minimum absolute atomic E-state index is 0.0216. The van der Waals surface area contributed by atoms with Crippen LogP contribution in [0.25, 0.3) is 16.9 Å². The largest absolute Gasteiger partial charge is 0.497 e. The fraction of sp³-hybridized carbons (Fsp3) is 0.192. The van der Waals surface area contributed by atoms with Gasteiger partial charge in [0.15, 0.2) is 5.69 Å². The van der Waals surface area contributed by atoms with Gasteiger partial charge >= 0.3 is 6.18 Å². The Labute approximate surface area is 207 Å². The van der Waals surface area contributed by atoms with Crippen LogP contribution in [0.4, 0.5) is 13.2 Å². The lowest BCUT2D eigenvalue weighted by Crippen LogP contribution is -2.26. The third-order valence-corrected chi connectivity index (χ3v) is 7.24. The van der Waals surface area contributed by atoms with Crippen molar-refractivity contribution in [1.29, 1.82) is 0 Å². The number of aromatic nitrogens is 2. The number of ether oxygens (including phenoxy) is 1. The molecule has 6 nitrogen and oxygen atoms in total. The maximum absolute atomic E-state index is 13.4. The van der Waals surface area contributed by atoms with Gasteiger partial charge in [-0.25, -0.2) is 17.8 Å². The third kappa shape index (κ3) is 5.44. The van der Waals surface area contributed by atoms with E-state index in [0.717, 1.165) is 21.9 Å². The molecule has 0 aliphatic heterocycles. The minimum Gasteiger partial charge on any atom is -0.497 e. The summed E-state index contributed by atoms with van der Waals surface area (Å²) in [5.41, 5.74) is 1.76. The predicted molar refractivity (Wildman–Crippen MR) is 130 cm³/mol. The zero-order valence-corrected chi connectivity index (χ0v) is 20.6. The van der Waals surface area contributed by atoms with Crippen LogP contribution in [0, 0.1) is 6.92 Å². The number of benzene rings is 3. The van der Waals surface area contributed by atoms with E-state index >= 15 is 0 Å². The molecule has 3 aromatic carbocycles. The minimum atomic E-state index is -4.63. The summed E-state index contributed by atoms with van der Waals surface area (Å²) >= 11 is 0. The number of hydrogen-bond acceptors (Lipinski definition) is 4. The molecule has 0 radical (unpaired) electrons. The van der Waals surface area contributed by atoms with Gasteiger partial charge in [0.05, 0.1) is 23.4 Å². The predicted octanol–water partition coefficient (Wildman–Crippen LogP) is 5.91. The summed E-state index contributed by atoms with van der Waals surface area (Å²) in [6, 6.07) is 20.0. The Morgan fingerprint density at radius 1 is 0.944 bits per heavy atom. The first kappa shape index (κ1) is 25.5. The molecule has 0 aliphatic carbocycles. The van der Waals surface area contributed by atoms with E-state index in [1.165, 1.54) is 24.3 Å². The molecule has 0 amide bonds. The molecule has 36 heavy (non-hydrogen) atoms. The number of aryl methyl sites for hydroxylation is 1. The van der Waals surface area contributed by atoms with Gasteiger partial charge < -0.3 is 4.74 Å². The van der Waals surface area contributed by atoms with Crippen LogP contribution in [0.3, 0.4) is 0 Å². The monoisotopic (exact) mass is 515 g/mol. The van der Waals surface area contributed by atoms with Crippen molar-refractivity contribution in [1.82, 2.24) is 14.5 Å². The van der Waals surface area contributed by atoms with Crippen molar-refractivity contribution in [2.75, 3.05) is 7.11 Å². The fourth-order valence-electron chi connectivity index (χ4n) is 3.67. The number of nitrogens with one attached hydrogen (secondary N) is 1. The number of nitrogens with zero attached hydrogens (tertiary/aromatic N) is 2. The van der Waals surface area contributed by atoms with Crippen molar-refractivity contribution in [2.45, 2.75) is 31.0 Å². The second-order valence-electron chi connectivity index (χ2n) is 8.30. The van der Waals surface area contributed by atoms with E-state index in [-0.39, 0.29) is 10.6 Å². The molecule has 1 unspecified atom stereocenters. The molecule has 1 heterocycles. The Hall–Kier alpha value is -3.63. The average Bonchev–Trinajstić information content (AvgIpc) is 3.30. The van der Waals surface area contributed by atoms with E-state index in [1.807, 2.05) is 6.92 Å². The molecule has 0 spiro atoms. The van der Waals surface area contributed by atoms with E-state index < -0.39 is 27.9 Å². The van der Waals surface area contributed by atoms with E-state index in [4.69, 9.17) is 4.74 Å². The number of alkyl halides is 3. The van der Waals surface area contributed by atoms with Crippen LogP contribution in [0.2, 0.25) is 0 Å². The van der Waals surface area contributed by atoms with Crippen LogP contribution < -0.4 is 9.46 Å². The molecule has 0 saturated carbocycles. The number of sulfonamides is 1. The van der Waals surface area contributed by atoms with Gasteiger partial charge in [-0.05, 0) is 61.9 Å². The highest BCUT2D eigenvalue weighted by Gasteiger charge is 2.35. The Kier molecular flexibility index (Phi) is 6.92. The molecule has 4 rings (SSSR count). The van der Waals surface area contributed by atoms with E-state index in [9.17, 15) is 21.6 Å². The van der Waals surface area contributed by atoms with Gasteiger partial charge in [-0.1, -0.05) is 42.0 Å². The highest BCUT2D eigenvalue weighted by Crippen LogP contribution is 2.33. The van der Waals surface area contributed by atoms with E-state index in [1.54, 1.807) is 62.6 Å². The Balaban J connectivity index is 1.63. The number of halogens is 3. The second kappa shape index (κ2) is 9.79. The number of hydrogen-bond donors (Lipinski definition) is 1. The van der Waals surface area contributed by atoms with E-state index in [0.29, 0.717) is 17.0 Å². The van der Waals surface area contributed by atoms with Crippen molar-refractivity contribution in [3.8, 4) is 22.7 Å². The SMILES string of the molecule is COc1ccc(C(C)NS(=O)(=O)c2ccc(-n3nc(C(F)(F)F)cc3-c3ccc(C)cc3)cc2)cc1. The summed E-state index contributed by atoms with van der Waals surface area (Å²) in [5.74, 6) is 0.654.